The minimum absolute atomic E-state index is 0.111. The molecule has 0 atom stereocenters. The van der Waals surface area contributed by atoms with Crippen LogP contribution in [-0.2, 0) is 0 Å². The Labute approximate surface area is 149 Å². The number of hydrogen-bond acceptors (Lipinski definition) is 4. The summed E-state index contributed by atoms with van der Waals surface area (Å²) in [4.78, 5) is 26.1. The molecule has 0 radical (unpaired) electrons. The van der Waals surface area contributed by atoms with Gasteiger partial charge in [-0.25, -0.2) is 9.97 Å². The summed E-state index contributed by atoms with van der Waals surface area (Å²) in [7, 11) is 0. The molecule has 1 saturated heterocycles. The first kappa shape index (κ1) is 17.4. The lowest BCUT2D eigenvalue weighted by Crippen LogP contribution is -2.49. The lowest BCUT2D eigenvalue weighted by Gasteiger charge is -2.37. The SMILES string of the molecule is Cc1nc(C)c(C(C)C)c(N2CCN(C(=O)c3ccccc3)CC2)n1. The van der Waals surface area contributed by atoms with Gasteiger partial charge >= 0.3 is 0 Å². The maximum Gasteiger partial charge on any atom is 0.253 e. The van der Waals surface area contributed by atoms with Gasteiger partial charge in [0.1, 0.15) is 11.6 Å². The average Bonchev–Trinajstić information content (AvgIpc) is 2.61. The highest BCUT2D eigenvalue weighted by Gasteiger charge is 2.25. The highest BCUT2D eigenvalue weighted by Crippen LogP contribution is 2.29. The summed E-state index contributed by atoms with van der Waals surface area (Å²) >= 11 is 0. The molecule has 5 nitrogen and oxygen atoms in total. The first-order valence-corrected chi connectivity index (χ1v) is 8.91. The second kappa shape index (κ2) is 7.21. The van der Waals surface area contributed by atoms with Gasteiger partial charge in [-0.3, -0.25) is 4.79 Å². The summed E-state index contributed by atoms with van der Waals surface area (Å²) in [5.74, 6) is 2.32. The number of amides is 1. The van der Waals surface area contributed by atoms with E-state index < -0.39 is 0 Å². The molecular weight excluding hydrogens is 312 g/mol. The molecule has 25 heavy (non-hydrogen) atoms. The van der Waals surface area contributed by atoms with Crippen molar-refractivity contribution in [2.75, 3.05) is 31.1 Å². The van der Waals surface area contributed by atoms with Crippen molar-refractivity contribution in [1.29, 1.82) is 0 Å². The Bertz CT molecular complexity index is 750. The lowest BCUT2D eigenvalue weighted by atomic mass is 10.0. The van der Waals surface area contributed by atoms with Gasteiger partial charge in [0.15, 0.2) is 0 Å². The quantitative estimate of drug-likeness (QED) is 0.862. The van der Waals surface area contributed by atoms with Crippen LogP contribution in [0, 0.1) is 13.8 Å². The third-order valence-electron chi connectivity index (χ3n) is 4.69. The van der Waals surface area contributed by atoms with Gasteiger partial charge < -0.3 is 9.80 Å². The van der Waals surface area contributed by atoms with Gasteiger partial charge in [-0.1, -0.05) is 32.0 Å². The molecule has 1 aliphatic rings. The summed E-state index contributed by atoms with van der Waals surface area (Å²) < 4.78 is 0. The van der Waals surface area contributed by atoms with Crippen molar-refractivity contribution >= 4 is 11.7 Å². The molecule has 0 saturated carbocycles. The van der Waals surface area contributed by atoms with Gasteiger partial charge in [0.2, 0.25) is 0 Å². The lowest BCUT2D eigenvalue weighted by molar-refractivity contribution is 0.0746. The molecule has 1 aromatic carbocycles. The fourth-order valence-electron chi connectivity index (χ4n) is 3.50. The molecule has 132 valence electrons. The molecule has 0 unspecified atom stereocenters. The number of nitrogens with zero attached hydrogens (tertiary/aromatic N) is 4. The average molecular weight is 338 g/mol. The van der Waals surface area contributed by atoms with Crippen LogP contribution in [0.4, 0.5) is 5.82 Å². The number of piperazine rings is 1. The Hall–Kier alpha value is -2.43. The highest BCUT2D eigenvalue weighted by molar-refractivity contribution is 5.94. The van der Waals surface area contributed by atoms with Crippen LogP contribution >= 0.6 is 0 Å². The third kappa shape index (κ3) is 3.65. The Balaban J connectivity index is 1.76. The molecule has 1 aliphatic heterocycles. The second-order valence-corrected chi connectivity index (χ2v) is 6.89. The molecule has 1 aromatic heterocycles. The molecule has 5 heteroatoms. The Morgan fingerprint density at radius 1 is 1.00 bits per heavy atom. The molecule has 2 aromatic rings. The van der Waals surface area contributed by atoms with Gasteiger partial charge in [-0.15, -0.1) is 0 Å². The second-order valence-electron chi connectivity index (χ2n) is 6.89. The number of aryl methyl sites for hydroxylation is 2. The van der Waals surface area contributed by atoms with Gasteiger partial charge in [0.05, 0.1) is 0 Å². The molecular formula is C20H26N4O. The van der Waals surface area contributed by atoms with E-state index in [0.717, 1.165) is 36.0 Å². The van der Waals surface area contributed by atoms with Crippen LogP contribution in [0.3, 0.4) is 0 Å². The van der Waals surface area contributed by atoms with Crippen molar-refractivity contribution in [3.05, 3.63) is 53.0 Å². The van der Waals surface area contributed by atoms with Gasteiger partial charge in [0, 0.05) is 43.0 Å². The van der Waals surface area contributed by atoms with Crippen molar-refractivity contribution < 1.29 is 4.79 Å². The standard InChI is InChI=1S/C20H26N4O/c1-14(2)18-15(3)21-16(4)22-19(18)23-10-12-24(13-11-23)20(25)17-8-6-5-7-9-17/h5-9,14H,10-13H2,1-4H3. The fraction of sp³-hybridized carbons (Fsp3) is 0.450. The van der Waals surface area contributed by atoms with E-state index in [4.69, 9.17) is 4.98 Å². The number of anilines is 1. The number of rotatable bonds is 3. The summed E-state index contributed by atoms with van der Waals surface area (Å²) in [5, 5.41) is 0. The van der Waals surface area contributed by atoms with Crippen LogP contribution in [0.15, 0.2) is 30.3 Å². The molecule has 0 bridgehead atoms. The minimum Gasteiger partial charge on any atom is -0.353 e. The summed E-state index contributed by atoms with van der Waals surface area (Å²) in [6.45, 7) is 11.4. The number of aromatic nitrogens is 2. The van der Waals surface area contributed by atoms with Crippen molar-refractivity contribution in [2.45, 2.75) is 33.6 Å². The van der Waals surface area contributed by atoms with Crippen molar-refractivity contribution in [3.63, 3.8) is 0 Å². The Morgan fingerprint density at radius 2 is 1.64 bits per heavy atom. The van der Waals surface area contributed by atoms with E-state index in [1.54, 1.807) is 0 Å². The molecule has 0 N–H and O–H groups in total. The normalized spacial score (nSPS) is 14.9. The Kier molecular flexibility index (Phi) is 5.02. The maximum atomic E-state index is 12.6. The molecule has 0 spiro atoms. The third-order valence-corrected chi connectivity index (χ3v) is 4.69. The molecule has 1 amide bonds. The van der Waals surface area contributed by atoms with Crippen LogP contribution in [0.25, 0.3) is 0 Å². The summed E-state index contributed by atoms with van der Waals surface area (Å²) in [6.07, 6.45) is 0. The van der Waals surface area contributed by atoms with E-state index in [1.165, 1.54) is 5.56 Å². The zero-order valence-electron chi connectivity index (χ0n) is 15.5. The number of carbonyl (C=O) groups is 1. The molecule has 0 aliphatic carbocycles. The van der Waals surface area contributed by atoms with E-state index in [0.29, 0.717) is 19.0 Å². The monoisotopic (exact) mass is 338 g/mol. The first-order valence-electron chi connectivity index (χ1n) is 8.91. The van der Waals surface area contributed by atoms with Crippen molar-refractivity contribution in [2.24, 2.45) is 0 Å². The van der Waals surface area contributed by atoms with Crippen LogP contribution in [0.1, 0.15) is 47.2 Å². The predicted octanol–water partition coefficient (Wildman–Crippen LogP) is 3.18. The fourth-order valence-corrected chi connectivity index (χ4v) is 3.50. The topological polar surface area (TPSA) is 49.3 Å². The molecule has 3 rings (SSSR count). The van der Waals surface area contributed by atoms with Crippen molar-refractivity contribution in [3.8, 4) is 0 Å². The van der Waals surface area contributed by atoms with E-state index >= 15 is 0 Å². The Morgan fingerprint density at radius 3 is 2.24 bits per heavy atom. The van der Waals surface area contributed by atoms with Gasteiger partial charge in [-0.2, -0.15) is 0 Å². The van der Waals surface area contributed by atoms with Crippen LogP contribution in [0.5, 0.6) is 0 Å². The van der Waals surface area contributed by atoms with E-state index in [9.17, 15) is 4.79 Å². The van der Waals surface area contributed by atoms with Crippen LogP contribution < -0.4 is 4.90 Å². The highest BCUT2D eigenvalue weighted by atomic mass is 16.2. The zero-order valence-corrected chi connectivity index (χ0v) is 15.5. The van der Waals surface area contributed by atoms with Gasteiger partial charge in [-0.05, 0) is 31.9 Å². The number of carbonyl (C=O) groups excluding carboxylic acids is 1. The van der Waals surface area contributed by atoms with E-state index in [1.807, 2.05) is 42.2 Å². The summed E-state index contributed by atoms with van der Waals surface area (Å²) in [6, 6.07) is 9.50. The minimum atomic E-state index is 0.111. The number of benzene rings is 1. The van der Waals surface area contributed by atoms with Crippen LogP contribution in [0.2, 0.25) is 0 Å². The zero-order chi connectivity index (χ0) is 18.0. The van der Waals surface area contributed by atoms with Crippen LogP contribution in [-0.4, -0.2) is 47.0 Å². The molecule has 2 heterocycles. The van der Waals surface area contributed by atoms with E-state index in [2.05, 4.69) is 30.7 Å². The predicted molar refractivity (Wildman–Crippen MR) is 100 cm³/mol. The first-order chi connectivity index (χ1) is 12.0. The largest absolute Gasteiger partial charge is 0.353 e. The van der Waals surface area contributed by atoms with Gasteiger partial charge in [0.25, 0.3) is 5.91 Å². The smallest absolute Gasteiger partial charge is 0.253 e. The van der Waals surface area contributed by atoms with E-state index in [-0.39, 0.29) is 5.91 Å². The number of hydrogen-bond donors (Lipinski definition) is 0. The van der Waals surface area contributed by atoms with Crippen molar-refractivity contribution in [1.82, 2.24) is 14.9 Å². The maximum absolute atomic E-state index is 12.6. The molecule has 1 fully saturated rings. The summed E-state index contributed by atoms with van der Waals surface area (Å²) in [5.41, 5.74) is 3.03.